The van der Waals surface area contributed by atoms with Gasteiger partial charge in [0, 0.05) is 56.2 Å². The fourth-order valence-electron chi connectivity index (χ4n) is 7.19. The van der Waals surface area contributed by atoms with Crippen LogP contribution in [0.1, 0.15) is 62.2 Å². The lowest BCUT2D eigenvalue weighted by atomic mass is 9.78. The number of likely N-dealkylation sites (tertiary alicyclic amines) is 2. The fourth-order valence-corrected chi connectivity index (χ4v) is 7.19. The summed E-state index contributed by atoms with van der Waals surface area (Å²) in [4.78, 5) is 35.9. The second-order valence-electron chi connectivity index (χ2n) is 14.3. The highest BCUT2D eigenvalue weighted by atomic mass is 16.6. The third kappa shape index (κ3) is 7.38. The van der Waals surface area contributed by atoms with Crippen LogP contribution < -0.4 is 9.64 Å². The smallest absolute Gasteiger partial charge is 0.416 e. The summed E-state index contributed by atoms with van der Waals surface area (Å²) in [7, 11) is 1.54. The number of hydrogen-bond acceptors (Lipinski definition) is 9. The molecule has 11 nitrogen and oxygen atoms in total. The van der Waals surface area contributed by atoms with E-state index >= 15 is 0 Å². The number of carbonyl (C=O) groups excluding carboxylic acids is 2. The Morgan fingerprint density at radius 1 is 1.09 bits per heavy atom. The molecule has 2 saturated heterocycles. The first-order valence-electron chi connectivity index (χ1n) is 16.4. The molecule has 1 spiro atoms. The van der Waals surface area contributed by atoms with Gasteiger partial charge >= 0.3 is 6.09 Å². The number of anilines is 1. The molecule has 5 heterocycles. The number of ether oxygens (including phenoxy) is 3. The summed E-state index contributed by atoms with van der Waals surface area (Å²) in [6.45, 7) is 16.0. The molecule has 250 valence electrons. The maximum atomic E-state index is 12.9. The lowest BCUT2D eigenvalue weighted by Crippen LogP contribution is -2.58. The van der Waals surface area contributed by atoms with E-state index in [1.165, 1.54) is 7.11 Å². The highest BCUT2D eigenvalue weighted by Crippen LogP contribution is 2.42. The molecule has 11 heteroatoms. The Labute approximate surface area is 277 Å². The number of allylic oxidation sites excluding steroid dienone is 1. The number of amides is 1. The summed E-state index contributed by atoms with van der Waals surface area (Å²) in [6.07, 6.45) is 1.21. The van der Waals surface area contributed by atoms with Crippen LogP contribution in [0.4, 0.5) is 10.6 Å². The van der Waals surface area contributed by atoms with Gasteiger partial charge < -0.3 is 19.1 Å². The molecule has 47 heavy (non-hydrogen) atoms. The van der Waals surface area contributed by atoms with Crippen molar-refractivity contribution in [3.63, 3.8) is 0 Å². The summed E-state index contributed by atoms with van der Waals surface area (Å²) in [6, 6.07) is 14.4. The number of nitrogens with zero attached hydrogens (tertiary/aromatic N) is 6. The van der Waals surface area contributed by atoms with Gasteiger partial charge in [0.25, 0.3) is 0 Å². The Morgan fingerprint density at radius 2 is 1.87 bits per heavy atom. The Morgan fingerprint density at radius 3 is 2.57 bits per heavy atom. The van der Waals surface area contributed by atoms with Crippen molar-refractivity contribution < 1.29 is 23.8 Å². The zero-order valence-corrected chi connectivity index (χ0v) is 28.4. The number of rotatable bonds is 9. The van der Waals surface area contributed by atoms with Crippen molar-refractivity contribution in [2.75, 3.05) is 57.9 Å². The van der Waals surface area contributed by atoms with Gasteiger partial charge in [0.15, 0.2) is 23.3 Å². The average molecular weight is 643 g/mol. The van der Waals surface area contributed by atoms with Crippen molar-refractivity contribution in [2.45, 2.75) is 65.5 Å². The van der Waals surface area contributed by atoms with E-state index in [0.717, 1.165) is 67.5 Å². The molecular formula is C36H46N6O5. The second kappa shape index (κ2) is 13.1. The van der Waals surface area contributed by atoms with Gasteiger partial charge in [0.2, 0.25) is 0 Å². The summed E-state index contributed by atoms with van der Waals surface area (Å²) >= 11 is 0. The molecule has 2 aromatic heterocycles. The first-order chi connectivity index (χ1) is 22.4. The molecule has 3 aliphatic heterocycles. The minimum atomic E-state index is -0.590. The minimum absolute atomic E-state index is 0.0769. The van der Waals surface area contributed by atoms with Gasteiger partial charge in [-0.15, -0.1) is 0 Å². The minimum Gasteiger partial charge on any atom is -0.490 e. The van der Waals surface area contributed by atoms with E-state index in [1.54, 1.807) is 4.90 Å². The number of fused-ring (bicyclic) bond motifs is 1. The average Bonchev–Trinajstić information content (AvgIpc) is 3.59. The van der Waals surface area contributed by atoms with E-state index < -0.39 is 11.7 Å². The van der Waals surface area contributed by atoms with Gasteiger partial charge in [0.05, 0.1) is 30.7 Å². The highest BCUT2D eigenvalue weighted by Gasteiger charge is 2.48. The van der Waals surface area contributed by atoms with Gasteiger partial charge in [-0.1, -0.05) is 12.1 Å². The summed E-state index contributed by atoms with van der Waals surface area (Å²) in [5.74, 6) is 3.54. The first-order valence-corrected chi connectivity index (χ1v) is 16.4. The third-order valence-corrected chi connectivity index (χ3v) is 9.23. The molecule has 6 rings (SSSR count). The Balaban J connectivity index is 1.10. The first kappa shape index (κ1) is 32.7. The summed E-state index contributed by atoms with van der Waals surface area (Å²) in [5.41, 5.74) is 4.77. The topological polar surface area (TPSA) is 102 Å². The molecule has 3 aromatic rings. The van der Waals surface area contributed by atoms with Crippen molar-refractivity contribution in [1.29, 1.82) is 0 Å². The molecule has 0 saturated carbocycles. The van der Waals surface area contributed by atoms with Crippen LogP contribution >= 0.6 is 0 Å². The Bertz CT molecular complexity index is 1670. The van der Waals surface area contributed by atoms with Crippen LogP contribution in [0.5, 0.6) is 5.75 Å². The van der Waals surface area contributed by atoms with Crippen LogP contribution in [0.25, 0.3) is 5.69 Å². The SMILES string of the molecule is COC(=C=O)C[C@H](CN1CC2(CCN(Cc3ccc4c(n3)N(C(=O)OC(C)(C)C)CCO4)C2)C1)c1cccc(-n2nc(C)cc2C)c1. The van der Waals surface area contributed by atoms with Crippen molar-refractivity contribution >= 4 is 17.9 Å². The Hall–Kier alpha value is -4.18. The molecule has 2 fully saturated rings. The van der Waals surface area contributed by atoms with Gasteiger partial charge in [0.1, 0.15) is 12.2 Å². The number of aryl methyl sites for hydroxylation is 2. The van der Waals surface area contributed by atoms with Gasteiger partial charge in [-0.05, 0) is 83.5 Å². The number of aromatic nitrogens is 3. The largest absolute Gasteiger partial charge is 0.490 e. The molecule has 1 amide bonds. The molecule has 0 radical (unpaired) electrons. The lowest BCUT2D eigenvalue weighted by molar-refractivity contribution is 0.00280. The maximum Gasteiger partial charge on any atom is 0.416 e. The number of methoxy groups -OCH3 is 1. The van der Waals surface area contributed by atoms with Gasteiger partial charge in [-0.2, -0.15) is 5.10 Å². The lowest BCUT2D eigenvalue weighted by Gasteiger charge is -2.49. The molecule has 0 bridgehead atoms. The van der Waals surface area contributed by atoms with Crippen LogP contribution in [0, 0.1) is 19.3 Å². The van der Waals surface area contributed by atoms with E-state index in [4.69, 9.17) is 19.2 Å². The number of benzene rings is 1. The molecular weight excluding hydrogens is 596 g/mol. The van der Waals surface area contributed by atoms with E-state index in [2.05, 4.69) is 52.2 Å². The number of hydrogen-bond donors (Lipinski definition) is 0. The molecule has 0 unspecified atom stereocenters. The standard InChI is InChI=1S/C36H46N6O5/c1-25-16-26(2)42(38-25)30-9-7-8-27(17-30)28(18-31(21-43)45-6)19-40-23-36(24-40)12-13-39(22-36)20-29-10-11-32-33(37-29)41(14-15-46-32)34(44)47-35(3,4)5/h7-11,16-17,28H,12-15,18-20,22-24H2,1-6H3/t28-/m1/s1. The third-order valence-electron chi connectivity index (χ3n) is 9.23. The fraction of sp³-hybridized carbons (Fsp3) is 0.528. The van der Waals surface area contributed by atoms with E-state index in [0.29, 0.717) is 43.4 Å². The molecule has 0 aliphatic carbocycles. The molecule has 0 N–H and O–H groups in total. The molecule has 3 aliphatic rings. The van der Waals surface area contributed by atoms with E-state index in [1.807, 2.05) is 50.5 Å². The summed E-state index contributed by atoms with van der Waals surface area (Å²) in [5, 5.41) is 4.67. The number of carbonyl (C=O) groups is 1. The van der Waals surface area contributed by atoms with Crippen molar-refractivity contribution in [3.8, 4) is 11.4 Å². The van der Waals surface area contributed by atoms with E-state index in [9.17, 15) is 9.59 Å². The molecule has 1 aromatic carbocycles. The monoisotopic (exact) mass is 642 g/mol. The number of pyridine rings is 1. The molecule has 1 atom stereocenters. The van der Waals surface area contributed by atoms with Crippen molar-refractivity contribution in [3.05, 3.63) is 70.9 Å². The quantitative estimate of drug-likeness (QED) is 0.234. The highest BCUT2D eigenvalue weighted by molar-refractivity contribution is 5.89. The predicted octanol–water partition coefficient (Wildman–Crippen LogP) is 5.06. The zero-order valence-electron chi connectivity index (χ0n) is 28.4. The zero-order chi connectivity index (χ0) is 33.3. The summed E-state index contributed by atoms with van der Waals surface area (Å²) < 4.78 is 18.8. The normalized spacial score (nSPS) is 18.2. The van der Waals surface area contributed by atoms with Gasteiger partial charge in [-0.3, -0.25) is 9.80 Å². The predicted molar refractivity (Wildman–Crippen MR) is 179 cm³/mol. The second-order valence-corrected chi connectivity index (χ2v) is 14.3. The van der Waals surface area contributed by atoms with Crippen LogP contribution in [-0.4, -0.2) is 95.2 Å². The van der Waals surface area contributed by atoms with E-state index in [-0.39, 0.29) is 11.3 Å². The van der Waals surface area contributed by atoms with Crippen LogP contribution in [-0.2, 0) is 20.8 Å². The van der Waals surface area contributed by atoms with Crippen LogP contribution in [0.2, 0.25) is 0 Å². The van der Waals surface area contributed by atoms with Crippen molar-refractivity contribution in [2.24, 2.45) is 5.41 Å². The van der Waals surface area contributed by atoms with Gasteiger partial charge in [-0.25, -0.2) is 19.3 Å². The van der Waals surface area contributed by atoms with Crippen molar-refractivity contribution in [1.82, 2.24) is 24.6 Å². The Kier molecular flexibility index (Phi) is 9.16. The van der Waals surface area contributed by atoms with Crippen LogP contribution in [0.15, 0.2) is 48.2 Å². The van der Waals surface area contributed by atoms with Crippen LogP contribution in [0.3, 0.4) is 0 Å². The maximum absolute atomic E-state index is 12.9.